The Morgan fingerprint density at radius 2 is 2.08 bits per heavy atom. The van der Waals surface area contributed by atoms with Gasteiger partial charge in [-0.1, -0.05) is 0 Å². The van der Waals surface area contributed by atoms with Gasteiger partial charge in [0.15, 0.2) is 0 Å². The van der Waals surface area contributed by atoms with Gasteiger partial charge in [0.2, 0.25) is 0 Å². The first-order chi connectivity index (χ1) is 5.81. The molecule has 0 aromatic heterocycles. The number of nitrogens with one attached hydrogen (secondary N) is 2. The van der Waals surface area contributed by atoms with Crippen LogP contribution in [0.15, 0.2) is 11.4 Å². The summed E-state index contributed by atoms with van der Waals surface area (Å²) in [6.07, 6.45) is 0.972. The fourth-order valence-corrected chi connectivity index (χ4v) is 0.703. The van der Waals surface area contributed by atoms with Gasteiger partial charge in [-0.15, -0.1) is 0 Å². The van der Waals surface area contributed by atoms with Gasteiger partial charge < -0.3 is 21.6 Å². The Hall–Kier alpha value is -1.52. The van der Waals surface area contributed by atoms with Gasteiger partial charge in [-0.05, 0) is 20.8 Å². The molecule has 0 aromatic rings. The Balaban J connectivity index is 4.63. The molecule has 0 radical (unpaired) electrons. The molecule has 0 spiro atoms. The van der Waals surface area contributed by atoms with Gasteiger partial charge in [-0.2, -0.15) is 0 Å². The van der Waals surface area contributed by atoms with E-state index < -0.39 is 11.5 Å². The van der Waals surface area contributed by atoms with Gasteiger partial charge in [0, 0.05) is 11.9 Å². The van der Waals surface area contributed by atoms with Crippen molar-refractivity contribution in [3.8, 4) is 0 Å². The number of hydrogen-bond acceptors (Lipinski definition) is 4. The average Bonchev–Trinajstić information content (AvgIpc) is 2.01. The molecular weight excluding hydrogens is 170 g/mol. The largest absolute Gasteiger partial charge is 0.480 e. The summed E-state index contributed by atoms with van der Waals surface area (Å²) < 4.78 is 0. The van der Waals surface area contributed by atoms with E-state index in [4.69, 9.17) is 16.2 Å². The molecule has 0 unspecified atom stereocenters. The summed E-state index contributed by atoms with van der Waals surface area (Å²) in [5, 5.41) is 18.3. The Bertz CT molecular complexity index is 256. The molecule has 0 aliphatic carbocycles. The number of allylic oxidation sites excluding steroid dienone is 2. The highest BCUT2D eigenvalue weighted by Gasteiger charge is 2.26. The van der Waals surface area contributed by atoms with Crippen LogP contribution >= 0.6 is 0 Å². The van der Waals surface area contributed by atoms with Crippen molar-refractivity contribution in [1.82, 2.24) is 5.32 Å². The van der Waals surface area contributed by atoms with E-state index in [9.17, 15) is 4.79 Å². The topological polar surface area (TPSA) is 99.2 Å². The van der Waals surface area contributed by atoms with Crippen LogP contribution in [0.2, 0.25) is 0 Å². The average molecular weight is 185 g/mol. The van der Waals surface area contributed by atoms with Gasteiger partial charge in [0.1, 0.15) is 5.54 Å². The first-order valence-corrected chi connectivity index (χ1v) is 3.79. The van der Waals surface area contributed by atoms with E-state index in [-0.39, 0.29) is 5.70 Å². The van der Waals surface area contributed by atoms with Crippen LogP contribution in [0, 0.1) is 5.41 Å². The van der Waals surface area contributed by atoms with Gasteiger partial charge in [-0.25, -0.2) is 4.79 Å². The number of carboxylic acids is 1. The molecule has 5 N–H and O–H groups in total. The molecule has 74 valence electrons. The van der Waals surface area contributed by atoms with Crippen LogP contribution in [0.4, 0.5) is 0 Å². The molecule has 5 heteroatoms. The standard InChI is InChI=1S/C8H15N3O2/c1-5(6(10)4-9)11-8(2,3)7(12)13/h4,9,11H,10H2,1-3H3,(H,12,13)/b6-5+,9-4?. The zero-order valence-electron chi connectivity index (χ0n) is 8.01. The maximum Gasteiger partial charge on any atom is 0.328 e. The summed E-state index contributed by atoms with van der Waals surface area (Å²) in [7, 11) is 0. The minimum atomic E-state index is -1.07. The van der Waals surface area contributed by atoms with Crippen LogP contribution in [0.3, 0.4) is 0 Å². The summed E-state index contributed by atoms with van der Waals surface area (Å²) in [6.45, 7) is 4.68. The molecule has 13 heavy (non-hydrogen) atoms. The van der Waals surface area contributed by atoms with Crippen LogP contribution < -0.4 is 11.1 Å². The van der Waals surface area contributed by atoms with Crippen molar-refractivity contribution in [3.63, 3.8) is 0 Å². The minimum Gasteiger partial charge on any atom is -0.480 e. The molecule has 0 aliphatic heterocycles. The van der Waals surface area contributed by atoms with Crippen molar-refractivity contribution < 1.29 is 9.90 Å². The highest BCUT2D eigenvalue weighted by molar-refractivity contribution is 5.79. The van der Waals surface area contributed by atoms with E-state index in [1.807, 2.05) is 0 Å². The van der Waals surface area contributed by atoms with Gasteiger partial charge in [0.25, 0.3) is 0 Å². The lowest BCUT2D eigenvalue weighted by molar-refractivity contribution is -0.143. The number of carboxylic acid groups (broad SMARTS) is 1. The maximum absolute atomic E-state index is 10.7. The third-order valence-electron chi connectivity index (χ3n) is 1.62. The molecule has 0 aromatic carbocycles. The molecule has 0 amide bonds. The van der Waals surface area contributed by atoms with Crippen molar-refractivity contribution in [1.29, 1.82) is 5.41 Å². The fraction of sp³-hybridized carbons (Fsp3) is 0.500. The Morgan fingerprint density at radius 3 is 2.38 bits per heavy atom. The molecule has 0 heterocycles. The Labute approximate surface area is 77.1 Å². The lowest BCUT2D eigenvalue weighted by Gasteiger charge is -2.23. The quantitative estimate of drug-likeness (QED) is 0.473. The molecule has 5 nitrogen and oxygen atoms in total. The molecule has 0 saturated carbocycles. The first-order valence-electron chi connectivity index (χ1n) is 3.79. The van der Waals surface area contributed by atoms with E-state index in [0.29, 0.717) is 5.70 Å². The lowest BCUT2D eigenvalue weighted by atomic mass is 10.1. The normalized spacial score (nSPS) is 13.2. The van der Waals surface area contributed by atoms with Crippen molar-refractivity contribution in [2.75, 3.05) is 0 Å². The zero-order valence-corrected chi connectivity index (χ0v) is 8.01. The molecule has 0 rings (SSSR count). The minimum absolute atomic E-state index is 0.231. The number of nitrogens with two attached hydrogens (primary N) is 1. The van der Waals surface area contributed by atoms with E-state index in [2.05, 4.69) is 5.32 Å². The van der Waals surface area contributed by atoms with Crippen molar-refractivity contribution in [2.45, 2.75) is 26.3 Å². The predicted octanol–water partition coefficient (Wildman–Crippen LogP) is 0.279. The molecule has 0 bridgehead atoms. The Morgan fingerprint density at radius 1 is 1.62 bits per heavy atom. The summed E-state index contributed by atoms with van der Waals surface area (Å²) in [4.78, 5) is 10.7. The highest BCUT2D eigenvalue weighted by atomic mass is 16.4. The lowest BCUT2D eigenvalue weighted by Crippen LogP contribution is -2.46. The zero-order chi connectivity index (χ0) is 10.6. The highest BCUT2D eigenvalue weighted by Crippen LogP contribution is 2.05. The van der Waals surface area contributed by atoms with Crippen molar-refractivity contribution >= 4 is 12.2 Å². The van der Waals surface area contributed by atoms with E-state index in [0.717, 1.165) is 6.21 Å². The number of hydrogen-bond donors (Lipinski definition) is 4. The van der Waals surface area contributed by atoms with Gasteiger partial charge in [-0.3, -0.25) is 0 Å². The molecule has 0 saturated heterocycles. The fourth-order valence-electron chi connectivity index (χ4n) is 0.703. The summed E-state index contributed by atoms with van der Waals surface area (Å²) in [6, 6.07) is 0. The third kappa shape index (κ3) is 3.14. The predicted molar refractivity (Wildman–Crippen MR) is 50.5 cm³/mol. The van der Waals surface area contributed by atoms with Gasteiger partial charge in [0.05, 0.1) is 5.70 Å². The number of aliphatic carboxylic acids is 1. The van der Waals surface area contributed by atoms with Gasteiger partial charge >= 0.3 is 5.97 Å². The van der Waals surface area contributed by atoms with E-state index >= 15 is 0 Å². The first kappa shape index (κ1) is 11.5. The van der Waals surface area contributed by atoms with Crippen LogP contribution in [-0.2, 0) is 4.79 Å². The van der Waals surface area contributed by atoms with E-state index in [1.165, 1.54) is 13.8 Å². The van der Waals surface area contributed by atoms with Crippen LogP contribution in [0.1, 0.15) is 20.8 Å². The molecule has 0 atom stereocenters. The van der Waals surface area contributed by atoms with E-state index in [1.54, 1.807) is 6.92 Å². The molecule has 0 aliphatic rings. The van der Waals surface area contributed by atoms with Crippen LogP contribution in [0.5, 0.6) is 0 Å². The smallest absolute Gasteiger partial charge is 0.328 e. The molecule has 0 fully saturated rings. The number of carbonyl (C=O) groups is 1. The van der Waals surface area contributed by atoms with Crippen LogP contribution in [-0.4, -0.2) is 22.8 Å². The Kier molecular flexibility index (Phi) is 3.47. The second-order valence-corrected chi connectivity index (χ2v) is 3.28. The van der Waals surface area contributed by atoms with Crippen molar-refractivity contribution in [3.05, 3.63) is 11.4 Å². The van der Waals surface area contributed by atoms with Crippen LogP contribution in [0.25, 0.3) is 0 Å². The maximum atomic E-state index is 10.7. The second-order valence-electron chi connectivity index (χ2n) is 3.28. The summed E-state index contributed by atoms with van der Waals surface area (Å²) >= 11 is 0. The van der Waals surface area contributed by atoms with Crippen molar-refractivity contribution in [2.24, 2.45) is 5.73 Å². The molecular formula is C8H15N3O2. The number of rotatable bonds is 4. The monoisotopic (exact) mass is 185 g/mol. The summed E-state index contributed by atoms with van der Waals surface area (Å²) in [5.74, 6) is -0.968. The second kappa shape index (κ2) is 3.93. The summed E-state index contributed by atoms with van der Waals surface area (Å²) in [5.41, 5.74) is 5.05. The SMILES string of the molecule is C/C(NC(C)(C)C(=O)O)=C(\N)C=N. The third-order valence-corrected chi connectivity index (χ3v) is 1.62.